The lowest BCUT2D eigenvalue weighted by molar-refractivity contribution is 0.437. The van der Waals surface area contributed by atoms with Crippen LogP contribution in [0, 0.1) is 6.92 Å². The van der Waals surface area contributed by atoms with E-state index in [4.69, 9.17) is 16.3 Å². The van der Waals surface area contributed by atoms with Crippen molar-refractivity contribution in [2.24, 2.45) is 0 Å². The van der Waals surface area contributed by atoms with Gasteiger partial charge >= 0.3 is 6.01 Å². The molecular formula is C12H15ClN4O. The molecule has 0 spiro atoms. The van der Waals surface area contributed by atoms with Gasteiger partial charge in [0.15, 0.2) is 5.75 Å². The zero-order valence-electron chi connectivity index (χ0n) is 10.6. The number of ether oxygens (including phenoxy) is 1. The first-order valence-electron chi connectivity index (χ1n) is 5.70. The van der Waals surface area contributed by atoms with Gasteiger partial charge in [-0.2, -0.15) is 10.1 Å². The van der Waals surface area contributed by atoms with Crippen LogP contribution in [0.2, 0.25) is 0 Å². The van der Waals surface area contributed by atoms with Gasteiger partial charge < -0.3 is 4.74 Å². The zero-order valence-corrected chi connectivity index (χ0v) is 11.3. The summed E-state index contributed by atoms with van der Waals surface area (Å²) >= 11 is 5.75. The molecule has 0 amide bonds. The SMILES string of the molecule is Cc1nc(Oc2cnn(C(C)C)c2)ncc1CCl. The largest absolute Gasteiger partial charge is 0.421 e. The molecule has 2 aromatic rings. The summed E-state index contributed by atoms with van der Waals surface area (Å²) in [6, 6.07) is 0.605. The molecule has 2 heterocycles. The molecule has 0 aliphatic carbocycles. The number of halogens is 1. The fourth-order valence-corrected chi connectivity index (χ4v) is 1.67. The highest BCUT2D eigenvalue weighted by Crippen LogP contribution is 2.19. The molecule has 0 aliphatic heterocycles. The van der Waals surface area contributed by atoms with Crippen LogP contribution in [0.4, 0.5) is 0 Å². The maximum Gasteiger partial charge on any atom is 0.322 e. The zero-order chi connectivity index (χ0) is 13.1. The van der Waals surface area contributed by atoms with Crippen LogP contribution in [0.15, 0.2) is 18.6 Å². The molecule has 0 fully saturated rings. The van der Waals surface area contributed by atoms with Crippen molar-refractivity contribution in [1.82, 2.24) is 19.7 Å². The van der Waals surface area contributed by atoms with Crippen LogP contribution in [-0.2, 0) is 5.88 Å². The van der Waals surface area contributed by atoms with E-state index in [0.29, 0.717) is 23.7 Å². The maximum atomic E-state index is 5.75. The van der Waals surface area contributed by atoms with Gasteiger partial charge in [-0.1, -0.05) is 0 Å². The fourth-order valence-electron chi connectivity index (χ4n) is 1.41. The fraction of sp³-hybridized carbons (Fsp3) is 0.417. The van der Waals surface area contributed by atoms with Crippen LogP contribution < -0.4 is 4.74 Å². The van der Waals surface area contributed by atoms with E-state index in [1.807, 2.05) is 31.6 Å². The second kappa shape index (κ2) is 5.35. The van der Waals surface area contributed by atoms with Crippen molar-refractivity contribution in [2.45, 2.75) is 32.7 Å². The van der Waals surface area contributed by atoms with E-state index in [1.165, 1.54) is 0 Å². The summed E-state index contributed by atoms with van der Waals surface area (Å²) in [5, 5.41) is 4.18. The van der Waals surface area contributed by atoms with Crippen molar-refractivity contribution in [3.8, 4) is 11.8 Å². The van der Waals surface area contributed by atoms with Gasteiger partial charge in [-0.3, -0.25) is 4.68 Å². The van der Waals surface area contributed by atoms with Crippen molar-refractivity contribution in [3.63, 3.8) is 0 Å². The molecule has 0 saturated carbocycles. The van der Waals surface area contributed by atoms with E-state index in [-0.39, 0.29) is 0 Å². The summed E-state index contributed by atoms with van der Waals surface area (Å²) < 4.78 is 7.36. The number of rotatable bonds is 4. The molecule has 0 aliphatic rings. The van der Waals surface area contributed by atoms with E-state index < -0.39 is 0 Å². The molecule has 0 unspecified atom stereocenters. The Balaban J connectivity index is 2.15. The lowest BCUT2D eigenvalue weighted by atomic mass is 10.3. The standard InChI is InChI=1S/C12H15ClN4O/c1-8(2)17-7-11(6-15-17)18-12-14-5-10(4-13)9(3)16-12/h5-8H,4H2,1-3H3. The summed E-state index contributed by atoms with van der Waals surface area (Å²) in [5.41, 5.74) is 1.73. The van der Waals surface area contributed by atoms with Crippen LogP contribution >= 0.6 is 11.6 Å². The van der Waals surface area contributed by atoms with E-state index in [2.05, 4.69) is 15.1 Å². The van der Waals surface area contributed by atoms with Crippen LogP contribution in [0.3, 0.4) is 0 Å². The molecule has 2 rings (SSSR count). The Morgan fingerprint density at radius 1 is 1.39 bits per heavy atom. The summed E-state index contributed by atoms with van der Waals surface area (Å²) in [6.45, 7) is 5.98. The number of hydrogen-bond acceptors (Lipinski definition) is 4. The predicted octanol–water partition coefficient (Wildman–Crippen LogP) is 3.09. The van der Waals surface area contributed by atoms with Crippen molar-refractivity contribution >= 4 is 11.6 Å². The Kier molecular flexibility index (Phi) is 3.81. The number of hydrogen-bond donors (Lipinski definition) is 0. The van der Waals surface area contributed by atoms with Gasteiger partial charge in [0.25, 0.3) is 0 Å². The number of aromatic nitrogens is 4. The van der Waals surface area contributed by atoms with Gasteiger partial charge in [0, 0.05) is 23.5 Å². The average molecular weight is 267 g/mol. The van der Waals surface area contributed by atoms with Crippen LogP contribution in [0.1, 0.15) is 31.1 Å². The molecule has 0 aromatic carbocycles. The molecule has 0 bridgehead atoms. The summed E-state index contributed by atoms with van der Waals surface area (Å²) in [7, 11) is 0. The molecule has 18 heavy (non-hydrogen) atoms. The Morgan fingerprint density at radius 2 is 2.17 bits per heavy atom. The highest BCUT2D eigenvalue weighted by atomic mass is 35.5. The first-order chi connectivity index (χ1) is 8.60. The topological polar surface area (TPSA) is 52.8 Å². The molecule has 0 N–H and O–H groups in total. The van der Waals surface area contributed by atoms with Gasteiger partial charge in [-0.25, -0.2) is 4.98 Å². The third-order valence-corrected chi connectivity index (χ3v) is 2.81. The van der Waals surface area contributed by atoms with Crippen LogP contribution in [0.25, 0.3) is 0 Å². The van der Waals surface area contributed by atoms with E-state index in [9.17, 15) is 0 Å². The minimum absolute atomic E-state index is 0.295. The second-order valence-electron chi connectivity index (χ2n) is 4.25. The molecule has 2 aromatic heterocycles. The molecule has 96 valence electrons. The lowest BCUT2D eigenvalue weighted by Crippen LogP contribution is -2.00. The quantitative estimate of drug-likeness (QED) is 0.798. The predicted molar refractivity (Wildman–Crippen MR) is 69.0 cm³/mol. The van der Waals surface area contributed by atoms with E-state index in [0.717, 1.165) is 11.3 Å². The third-order valence-electron chi connectivity index (χ3n) is 2.52. The van der Waals surface area contributed by atoms with Crippen molar-refractivity contribution in [3.05, 3.63) is 29.8 Å². The first kappa shape index (κ1) is 12.8. The highest BCUT2D eigenvalue weighted by Gasteiger charge is 2.07. The molecule has 0 saturated heterocycles. The normalized spacial score (nSPS) is 10.9. The van der Waals surface area contributed by atoms with Gasteiger partial charge in [-0.15, -0.1) is 11.6 Å². The summed E-state index contributed by atoms with van der Waals surface area (Å²) in [5.74, 6) is 1.03. The number of aryl methyl sites for hydroxylation is 1. The minimum Gasteiger partial charge on any atom is -0.421 e. The smallest absolute Gasteiger partial charge is 0.322 e. The Morgan fingerprint density at radius 3 is 2.72 bits per heavy atom. The van der Waals surface area contributed by atoms with E-state index >= 15 is 0 Å². The van der Waals surface area contributed by atoms with Gasteiger partial charge in [0.05, 0.1) is 18.3 Å². The molecule has 0 atom stereocenters. The van der Waals surface area contributed by atoms with Crippen molar-refractivity contribution in [1.29, 1.82) is 0 Å². The first-order valence-corrected chi connectivity index (χ1v) is 6.24. The average Bonchev–Trinajstić information content (AvgIpc) is 2.78. The molecule has 5 nitrogen and oxygen atoms in total. The molecule has 0 radical (unpaired) electrons. The Hall–Kier alpha value is -1.62. The van der Waals surface area contributed by atoms with Gasteiger partial charge in [0.1, 0.15) is 0 Å². The van der Waals surface area contributed by atoms with Gasteiger partial charge in [0.2, 0.25) is 0 Å². The maximum absolute atomic E-state index is 5.75. The lowest BCUT2D eigenvalue weighted by Gasteiger charge is -2.05. The van der Waals surface area contributed by atoms with Crippen LogP contribution in [-0.4, -0.2) is 19.7 Å². The van der Waals surface area contributed by atoms with E-state index in [1.54, 1.807) is 12.4 Å². The van der Waals surface area contributed by atoms with Gasteiger partial charge in [-0.05, 0) is 20.8 Å². The number of alkyl halides is 1. The third kappa shape index (κ3) is 2.79. The van der Waals surface area contributed by atoms with Crippen molar-refractivity contribution < 1.29 is 4.74 Å². The minimum atomic E-state index is 0.295. The highest BCUT2D eigenvalue weighted by molar-refractivity contribution is 6.17. The summed E-state index contributed by atoms with van der Waals surface area (Å²) in [4.78, 5) is 8.34. The number of nitrogens with zero attached hydrogens (tertiary/aromatic N) is 4. The monoisotopic (exact) mass is 266 g/mol. The molecule has 6 heteroatoms. The summed E-state index contributed by atoms with van der Waals surface area (Å²) in [6.07, 6.45) is 5.14. The van der Waals surface area contributed by atoms with Crippen molar-refractivity contribution in [2.75, 3.05) is 0 Å². The van der Waals surface area contributed by atoms with Crippen LogP contribution in [0.5, 0.6) is 11.8 Å². The second-order valence-corrected chi connectivity index (χ2v) is 4.52. The molecular weight excluding hydrogens is 252 g/mol. The Bertz CT molecular complexity index is 539. The Labute approximate surface area is 111 Å².